The highest BCUT2D eigenvalue weighted by atomic mass is 32.1. The number of hydrogen-bond acceptors (Lipinski definition) is 5. The predicted octanol–water partition coefficient (Wildman–Crippen LogP) is 2.08. The van der Waals surface area contributed by atoms with Gasteiger partial charge in [0.2, 0.25) is 6.41 Å². The molecular weight excluding hydrogens is 324 g/mol. The van der Waals surface area contributed by atoms with E-state index in [1.54, 1.807) is 12.3 Å². The summed E-state index contributed by atoms with van der Waals surface area (Å²) in [7, 11) is 0. The molecule has 2 N–H and O–H groups in total. The van der Waals surface area contributed by atoms with Crippen LogP contribution in [0, 0.1) is 5.92 Å². The number of hydrogen-bond donors (Lipinski definition) is 2. The van der Waals surface area contributed by atoms with Crippen LogP contribution in [-0.2, 0) is 4.79 Å². The first-order valence-electron chi connectivity index (χ1n) is 8.30. The summed E-state index contributed by atoms with van der Waals surface area (Å²) >= 11 is 1.44. The minimum absolute atomic E-state index is 0.110. The topological polar surface area (TPSA) is 74.3 Å². The van der Waals surface area contributed by atoms with Gasteiger partial charge in [-0.15, -0.1) is 11.3 Å². The Bertz CT molecular complexity index is 780. The Morgan fingerprint density at radius 2 is 2.17 bits per heavy atom. The number of aromatic nitrogens is 1. The molecule has 5 rings (SSSR count). The molecule has 24 heavy (non-hydrogen) atoms. The Labute approximate surface area is 144 Å². The molecule has 0 unspecified atom stereocenters. The summed E-state index contributed by atoms with van der Waals surface area (Å²) in [6.07, 6.45) is 4.66. The second-order valence-electron chi connectivity index (χ2n) is 6.59. The summed E-state index contributed by atoms with van der Waals surface area (Å²) < 4.78 is 0.946. The van der Waals surface area contributed by atoms with Gasteiger partial charge >= 0.3 is 0 Å². The first kappa shape index (κ1) is 15.5. The van der Waals surface area contributed by atoms with E-state index in [4.69, 9.17) is 0 Å². The molecule has 2 aromatic rings. The minimum atomic E-state index is -0.110. The molecule has 0 radical (unpaired) electrons. The SMILES string of the molecule is C[C@@H]1[C@H](NC(=O)c2cc3sc(NC=O)cc3cn2)C2CCN1CC2. The third kappa shape index (κ3) is 2.67. The van der Waals surface area contributed by atoms with Crippen molar-refractivity contribution in [2.45, 2.75) is 31.8 Å². The first-order chi connectivity index (χ1) is 11.7. The molecule has 2 aromatic heterocycles. The van der Waals surface area contributed by atoms with Crippen LogP contribution in [-0.4, -0.2) is 47.4 Å². The van der Waals surface area contributed by atoms with E-state index in [0.717, 1.165) is 41.0 Å². The number of carbonyl (C=O) groups excluding carboxylic acids is 2. The van der Waals surface area contributed by atoms with Gasteiger partial charge in [0.1, 0.15) is 5.69 Å². The zero-order valence-corrected chi connectivity index (χ0v) is 14.3. The van der Waals surface area contributed by atoms with Crippen LogP contribution in [0.3, 0.4) is 0 Å². The second kappa shape index (κ2) is 6.14. The maximum absolute atomic E-state index is 12.7. The Morgan fingerprint density at radius 1 is 1.38 bits per heavy atom. The normalized spacial score (nSPS) is 28.7. The second-order valence-corrected chi connectivity index (χ2v) is 7.68. The average Bonchev–Trinajstić information content (AvgIpc) is 3.00. The van der Waals surface area contributed by atoms with Gasteiger partial charge in [0.15, 0.2) is 0 Å². The number of thiophene rings is 1. The summed E-state index contributed by atoms with van der Waals surface area (Å²) in [5, 5.41) is 7.53. The highest BCUT2D eigenvalue weighted by Crippen LogP contribution is 2.33. The van der Waals surface area contributed by atoms with Crippen LogP contribution in [0.4, 0.5) is 5.00 Å². The van der Waals surface area contributed by atoms with Crippen molar-refractivity contribution in [1.82, 2.24) is 15.2 Å². The van der Waals surface area contributed by atoms with Crippen molar-refractivity contribution >= 4 is 38.7 Å². The molecule has 3 aliphatic rings. The summed E-state index contributed by atoms with van der Waals surface area (Å²) in [6.45, 7) is 4.48. The molecule has 3 fully saturated rings. The lowest BCUT2D eigenvalue weighted by Crippen LogP contribution is -2.62. The molecule has 126 valence electrons. The van der Waals surface area contributed by atoms with E-state index >= 15 is 0 Å². The van der Waals surface area contributed by atoms with Crippen molar-refractivity contribution in [3.63, 3.8) is 0 Å². The van der Waals surface area contributed by atoms with E-state index < -0.39 is 0 Å². The predicted molar refractivity (Wildman–Crippen MR) is 94.3 cm³/mol. The van der Waals surface area contributed by atoms with E-state index in [-0.39, 0.29) is 11.9 Å². The zero-order chi connectivity index (χ0) is 16.7. The smallest absolute Gasteiger partial charge is 0.270 e. The number of piperidine rings is 3. The molecule has 5 heterocycles. The highest BCUT2D eigenvalue weighted by Gasteiger charge is 2.40. The average molecular weight is 344 g/mol. The van der Waals surface area contributed by atoms with Crippen LogP contribution in [0.1, 0.15) is 30.3 Å². The van der Waals surface area contributed by atoms with Gasteiger partial charge in [-0.3, -0.25) is 19.5 Å². The molecule has 0 spiro atoms. The van der Waals surface area contributed by atoms with Gasteiger partial charge in [-0.1, -0.05) is 0 Å². The monoisotopic (exact) mass is 344 g/mol. The summed E-state index contributed by atoms with van der Waals surface area (Å²) in [5.41, 5.74) is 0.436. The third-order valence-corrected chi connectivity index (χ3v) is 6.34. The van der Waals surface area contributed by atoms with Crippen molar-refractivity contribution in [1.29, 1.82) is 0 Å². The summed E-state index contributed by atoms with van der Waals surface area (Å²) in [5.74, 6) is 0.462. The van der Waals surface area contributed by atoms with Crippen LogP contribution >= 0.6 is 11.3 Å². The van der Waals surface area contributed by atoms with Crippen LogP contribution < -0.4 is 10.6 Å². The molecular formula is C17H20N4O2S. The van der Waals surface area contributed by atoms with E-state index in [9.17, 15) is 9.59 Å². The summed E-state index contributed by atoms with van der Waals surface area (Å²) in [4.78, 5) is 30.0. The summed E-state index contributed by atoms with van der Waals surface area (Å²) in [6, 6.07) is 4.25. The molecule has 6 nitrogen and oxygen atoms in total. The Kier molecular flexibility index (Phi) is 3.97. The fraction of sp³-hybridized carbons (Fsp3) is 0.471. The van der Waals surface area contributed by atoms with Gasteiger partial charge in [-0.25, -0.2) is 0 Å². The van der Waals surface area contributed by atoms with E-state index in [1.165, 1.54) is 11.3 Å². The van der Waals surface area contributed by atoms with E-state index in [2.05, 4.69) is 27.4 Å². The fourth-order valence-electron chi connectivity index (χ4n) is 3.96. The Hall–Kier alpha value is -1.99. The largest absolute Gasteiger partial charge is 0.346 e. The highest BCUT2D eigenvalue weighted by molar-refractivity contribution is 7.22. The van der Waals surface area contributed by atoms with Crippen LogP contribution in [0.5, 0.6) is 0 Å². The number of fused-ring (bicyclic) bond motifs is 4. The maximum Gasteiger partial charge on any atom is 0.270 e. The number of nitrogens with zero attached hydrogens (tertiary/aromatic N) is 2. The molecule has 2 atom stereocenters. The van der Waals surface area contributed by atoms with Crippen LogP contribution in [0.2, 0.25) is 0 Å². The molecule has 2 bridgehead atoms. The molecule has 2 amide bonds. The fourth-order valence-corrected chi connectivity index (χ4v) is 4.89. The molecule has 3 aliphatic heterocycles. The van der Waals surface area contributed by atoms with Gasteiger partial charge in [0.25, 0.3) is 5.91 Å². The Morgan fingerprint density at radius 3 is 2.88 bits per heavy atom. The number of anilines is 1. The van der Waals surface area contributed by atoms with Crippen LogP contribution in [0.25, 0.3) is 10.1 Å². The molecule has 0 saturated carbocycles. The standard InChI is InChI=1S/C17H20N4O2S/c1-10-16(11-2-4-21(10)5-3-11)20-17(23)13-7-14-12(8-18-13)6-15(24-14)19-9-22/h6-11,16H,2-5H2,1H3,(H,19,22)(H,20,23)/t10-,16+/m1/s1. The minimum Gasteiger partial charge on any atom is -0.346 e. The van der Waals surface area contributed by atoms with E-state index in [1.807, 2.05) is 6.07 Å². The Balaban J connectivity index is 1.53. The number of nitrogens with one attached hydrogen (secondary N) is 2. The molecule has 0 aliphatic carbocycles. The number of pyridine rings is 1. The number of rotatable bonds is 4. The van der Waals surface area contributed by atoms with Crippen molar-refractivity contribution in [3.05, 3.63) is 24.0 Å². The maximum atomic E-state index is 12.7. The zero-order valence-electron chi connectivity index (χ0n) is 13.5. The quantitative estimate of drug-likeness (QED) is 0.833. The number of carbonyl (C=O) groups is 2. The van der Waals surface area contributed by atoms with Crippen molar-refractivity contribution in [3.8, 4) is 0 Å². The van der Waals surface area contributed by atoms with Gasteiger partial charge < -0.3 is 10.6 Å². The lowest BCUT2D eigenvalue weighted by Gasteiger charge is -2.49. The van der Waals surface area contributed by atoms with Gasteiger partial charge in [-0.05, 0) is 50.9 Å². The van der Waals surface area contributed by atoms with Crippen molar-refractivity contribution in [2.24, 2.45) is 5.92 Å². The van der Waals surface area contributed by atoms with Crippen molar-refractivity contribution < 1.29 is 9.59 Å². The lowest BCUT2D eigenvalue weighted by atomic mass is 9.79. The number of amides is 2. The van der Waals surface area contributed by atoms with Gasteiger partial charge in [0, 0.05) is 28.4 Å². The molecule has 7 heteroatoms. The van der Waals surface area contributed by atoms with Crippen molar-refractivity contribution in [2.75, 3.05) is 18.4 Å². The van der Waals surface area contributed by atoms with E-state index in [0.29, 0.717) is 24.1 Å². The molecule has 3 saturated heterocycles. The van der Waals surface area contributed by atoms with Crippen LogP contribution in [0.15, 0.2) is 18.3 Å². The first-order valence-corrected chi connectivity index (χ1v) is 9.12. The third-order valence-electron chi connectivity index (χ3n) is 5.31. The lowest BCUT2D eigenvalue weighted by molar-refractivity contribution is -0.105. The van der Waals surface area contributed by atoms with Gasteiger partial charge in [0.05, 0.1) is 5.00 Å². The van der Waals surface area contributed by atoms with Gasteiger partial charge in [-0.2, -0.15) is 0 Å². The molecule has 0 aromatic carbocycles.